The van der Waals surface area contributed by atoms with E-state index in [9.17, 15) is 9.59 Å². The molecule has 0 amide bonds. The fourth-order valence-electron chi connectivity index (χ4n) is 2.51. The number of carbonyl (C=O) groups excluding carboxylic acids is 2. The first-order valence-electron chi connectivity index (χ1n) is 12.1. The van der Waals surface area contributed by atoms with E-state index in [0.29, 0.717) is 30.1 Å². The number of carbonyl (C=O) groups is 2. The average Bonchev–Trinajstić information content (AvgIpc) is 2.72. The van der Waals surface area contributed by atoms with Crippen molar-refractivity contribution in [2.45, 2.75) is 126 Å². The van der Waals surface area contributed by atoms with E-state index in [0.717, 1.165) is 58.0 Å². The Labute approximate surface area is 182 Å². The molecule has 0 rings (SSSR count). The van der Waals surface area contributed by atoms with Crippen LogP contribution >= 0.6 is 0 Å². The Morgan fingerprint density at radius 3 is 1.59 bits per heavy atom. The van der Waals surface area contributed by atoms with Crippen LogP contribution in [0.1, 0.15) is 114 Å². The van der Waals surface area contributed by atoms with Crippen LogP contribution in [0.5, 0.6) is 0 Å². The number of ketones is 2. The van der Waals surface area contributed by atoms with Crippen LogP contribution in [0.3, 0.4) is 0 Å². The summed E-state index contributed by atoms with van der Waals surface area (Å²) in [5, 5.41) is 6.80. The molecule has 0 aromatic rings. The van der Waals surface area contributed by atoms with Crippen LogP contribution in [0.2, 0.25) is 0 Å². The zero-order chi connectivity index (χ0) is 22.9. The fourth-order valence-corrected chi connectivity index (χ4v) is 2.51. The van der Waals surface area contributed by atoms with E-state index in [1.54, 1.807) is 0 Å². The summed E-state index contributed by atoms with van der Waals surface area (Å²) in [6, 6.07) is 1.15. The van der Waals surface area contributed by atoms with Gasteiger partial charge in [0.1, 0.15) is 11.6 Å². The molecule has 174 valence electrons. The molecule has 0 heterocycles. The van der Waals surface area contributed by atoms with Crippen LogP contribution in [-0.4, -0.2) is 36.7 Å². The van der Waals surface area contributed by atoms with E-state index in [4.69, 9.17) is 0 Å². The topological polar surface area (TPSA) is 58.2 Å². The summed E-state index contributed by atoms with van der Waals surface area (Å²) in [6.07, 6.45) is 7.60. The van der Waals surface area contributed by atoms with Crippen molar-refractivity contribution in [1.82, 2.24) is 10.6 Å². The van der Waals surface area contributed by atoms with E-state index < -0.39 is 0 Å². The Hall–Kier alpha value is -0.740. The fraction of sp³-hybridized carbons (Fsp3) is 0.920. The molecule has 0 bridgehead atoms. The number of rotatable bonds is 16. The smallest absolute Gasteiger partial charge is 0.138 e. The van der Waals surface area contributed by atoms with Crippen molar-refractivity contribution in [3.63, 3.8) is 0 Å². The van der Waals surface area contributed by atoms with Gasteiger partial charge < -0.3 is 10.6 Å². The largest absolute Gasteiger partial charge is 0.314 e. The molecule has 29 heavy (non-hydrogen) atoms. The van der Waals surface area contributed by atoms with Gasteiger partial charge in [0.15, 0.2) is 0 Å². The van der Waals surface area contributed by atoms with Crippen LogP contribution in [0.15, 0.2) is 0 Å². The second-order valence-electron chi connectivity index (χ2n) is 9.17. The first-order chi connectivity index (χ1) is 13.5. The minimum absolute atomic E-state index is 0.129. The van der Waals surface area contributed by atoms with Gasteiger partial charge >= 0.3 is 0 Å². The van der Waals surface area contributed by atoms with Gasteiger partial charge in [0, 0.05) is 36.3 Å². The maximum Gasteiger partial charge on any atom is 0.138 e. The predicted octanol–water partition coefficient (Wildman–Crippen LogP) is 5.93. The molecule has 0 radical (unpaired) electrons. The quantitative estimate of drug-likeness (QED) is 0.308. The van der Waals surface area contributed by atoms with Gasteiger partial charge in [-0.2, -0.15) is 0 Å². The second-order valence-corrected chi connectivity index (χ2v) is 9.17. The van der Waals surface area contributed by atoms with Gasteiger partial charge in [0.25, 0.3) is 0 Å². The SMILES string of the molecule is CCC(C)NCCCC(=O)C(C)(C)CC.CCC(C)NCCCC(=O)C(C)CC. The first kappa shape index (κ1) is 30.5. The summed E-state index contributed by atoms with van der Waals surface area (Å²) in [4.78, 5) is 23.2. The number of nitrogens with one attached hydrogen (secondary N) is 2. The normalized spacial score (nSPS) is 14.5. The van der Waals surface area contributed by atoms with Gasteiger partial charge in [-0.3, -0.25) is 9.59 Å². The van der Waals surface area contributed by atoms with Crippen LogP contribution in [0.25, 0.3) is 0 Å². The van der Waals surface area contributed by atoms with Crippen LogP contribution < -0.4 is 10.6 Å². The monoisotopic (exact) mass is 412 g/mol. The molecule has 3 unspecified atom stereocenters. The Morgan fingerprint density at radius 2 is 1.21 bits per heavy atom. The predicted molar refractivity (Wildman–Crippen MR) is 128 cm³/mol. The summed E-state index contributed by atoms with van der Waals surface area (Å²) in [6.45, 7) is 20.9. The lowest BCUT2D eigenvalue weighted by molar-refractivity contribution is -0.127. The van der Waals surface area contributed by atoms with Crippen LogP contribution in [0, 0.1) is 11.3 Å². The van der Waals surface area contributed by atoms with E-state index in [2.05, 4.69) is 52.2 Å². The zero-order valence-electron chi connectivity index (χ0n) is 21.1. The standard InChI is InChI=1S/C13H27NO.C12H25NO/c1-6-11(3)14-10-8-9-12(15)13(4,5)7-2;1-5-10(3)12(14)8-7-9-13-11(4)6-2/h11,14H,6-10H2,1-5H3;10-11,13H,5-9H2,1-4H3. The molecular formula is C25H52N2O2. The molecule has 4 nitrogen and oxygen atoms in total. The van der Waals surface area contributed by atoms with Crippen molar-refractivity contribution < 1.29 is 9.59 Å². The van der Waals surface area contributed by atoms with Gasteiger partial charge in [0.2, 0.25) is 0 Å². The third-order valence-electron chi connectivity index (χ3n) is 6.19. The number of Topliss-reactive ketones (excluding diaryl/α,β-unsaturated/α-hetero) is 2. The highest BCUT2D eigenvalue weighted by Gasteiger charge is 2.23. The highest BCUT2D eigenvalue weighted by atomic mass is 16.1. The van der Waals surface area contributed by atoms with Gasteiger partial charge in [-0.25, -0.2) is 0 Å². The highest BCUT2D eigenvalue weighted by molar-refractivity contribution is 5.83. The summed E-state index contributed by atoms with van der Waals surface area (Å²) < 4.78 is 0. The van der Waals surface area contributed by atoms with Crippen molar-refractivity contribution in [3.8, 4) is 0 Å². The molecular weight excluding hydrogens is 360 g/mol. The lowest BCUT2D eigenvalue weighted by atomic mass is 9.83. The Balaban J connectivity index is 0. The molecule has 0 saturated heterocycles. The summed E-state index contributed by atoms with van der Waals surface area (Å²) in [7, 11) is 0. The highest BCUT2D eigenvalue weighted by Crippen LogP contribution is 2.23. The molecule has 0 saturated carbocycles. The molecule has 0 aliphatic heterocycles. The van der Waals surface area contributed by atoms with Crippen LogP contribution in [0.4, 0.5) is 0 Å². The Morgan fingerprint density at radius 1 is 0.759 bits per heavy atom. The molecule has 0 aromatic heterocycles. The average molecular weight is 413 g/mol. The molecule has 0 aliphatic rings. The molecule has 0 aliphatic carbocycles. The molecule has 0 fully saturated rings. The van der Waals surface area contributed by atoms with E-state index in [1.807, 2.05) is 20.8 Å². The number of hydrogen-bond acceptors (Lipinski definition) is 4. The van der Waals surface area contributed by atoms with Gasteiger partial charge in [0.05, 0.1) is 0 Å². The third kappa shape index (κ3) is 16.7. The molecule has 0 aromatic carbocycles. The first-order valence-corrected chi connectivity index (χ1v) is 12.1. The van der Waals surface area contributed by atoms with Crippen molar-refractivity contribution in [2.24, 2.45) is 11.3 Å². The Bertz CT molecular complexity index is 421. The Kier molecular flexibility index (Phi) is 19.0. The third-order valence-corrected chi connectivity index (χ3v) is 6.19. The van der Waals surface area contributed by atoms with Gasteiger partial charge in [-0.05, 0) is 65.5 Å². The maximum absolute atomic E-state index is 11.8. The second kappa shape index (κ2) is 18.1. The zero-order valence-corrected chi connectivity index (χ0v) is 21.1. The van der Waals surface area contributed by atoms with Gasteiger partial charge in [-0.15, -0.1) is 0 Å². The van der Waals surface area contributed by atoms with Crippen molar-refractivity contribution in [3.05, 3.63) is 0 Å². The van der Waals surface area contributed by atoms with Gasteiger partial charge in [-0.1, -0.05) is 48.5 Å². The van der Waals surface area contributed by atoms with Crippen molar-refractivity contribution >= 4 is 11.6 Å². The number of hydrogen-bond donors (Lipinski definition) is 2. The minimum atomic E-state index is -0.129. The molecule has 2 N–H and O–H groups in total. The van der Waals surface area contributed by atoms with Crippen molar-refractivity contribution in [2.75, 3.05) is 13.1 Å². The van der Waals surface area contributed by atoms with E-state index in [1.165, 1.54) is 0 Å². The maximum atomic E-state index is 11.8. The van der Waals surface area contributed by atoms with E-state index >= 15 is 0 Å². The summed E-state index contributed by atoms with van der Waals surface area (Å²) >= 11 is 0. The molecule has 3 atom stereocenters. The minimum Gasteiger partial charge on any atom is -0.314 e. The summed E-state index contributed by atoms with van der Waals surface area (Å²) in [5.41, 5.74) is -0.129. The molecule has 0 spiro atoms. The lowest BCUT2D eigenvalue weighted by Gasteiger charge is -2.21. The van der Waals surface area contributed by atoms with E-state index in [-0.39, 0.29) is 11.3 Å². The van der Waals surface area contributed by atoms with Crippen molar-refractivity contribution in [1.29, 1.82) is 0 Å². The van der Waals surface area contributed by atoms with Crippen LogP contribution in [-0.2, 0) is 9.59 Å². The molecule has 4 heteroatoms. The lowest BCUT2D eigenvalue weighted by Crippen LogP contribution is -2.28. The summed E-state index contributed by atoms with van der Waals surface area (Å²) in [5.74, 6) is 1.06.